The lowest BCUT2D eigenvalue weighted by Gasteiger charge is -2.31. The van der Waals surface area contributed by atoms with Crippen LogP contribution in [0.25, 0.3) is 0 Å². The number of benzene rings is 2. The van der Waals surface area contributed by atoms with Gasteiger partial charge in [-0.2, -0.15) is 0 Å². The summed E-state index contributed by atoms with van der Waals surface area (Å²) in [5.41, 5.74) is 1.93. The molecule has 1 atom stereocenters. The number of carbonyl (C=O) groups excluding carboxylic acids is 2. The molecule has 0 aliphatic rings. The molecule has 1 N–H and O–H groups in total. The van der Waals surface area contributed by atoms with Gasteiger partial charge in [-0.05, 0) is 38.0 Å². The number of carbonyl (C=O) groups is 2. The van der Waals surface area contributed by atoms with Crippen molar-refractivity contribution in [3.05, 3.63) is 63.6 Å². The van der Waals surface area contributed by atoms with Crippen LogP contribution in [0.1, 0.15) is 31.4 Å². The van der Waals surface area contributed by atoms with E-state index in [-0.39, 0.29) is 28.2 Å². The Morgan fingerprint density at radius 2 is 1.79 bits per heavy atom. The van der Waals surface area contributed by atoms with Crippen molar-refractivity contribution >= 4 is 50.7 Å². The second-order valence-corrected chi connectivity index (χ2v) is 10.5. The largest absolute Gasteiger partial charge is 0.354 e. The van der Waals surface area contributed by atoms with E-state index >= 15 is 0 Å². The number of anilines is 1. The third-order valence-corrected chi connectivity index (χ3v) is 6.97. The highest BCUT2D eigenvalue weighted by Gasteiger charge is 2.31. The summed E-state index contributed by atoms with van der Waals surface area (Å²) in [6.07, 6.45) is 1.74. The van der Waals surface area contributed by atoms with Crippen molar-refractivity contribution in [2.45, 2.75) is 39.8 Å². The average molecular weight is 514 g/mol. The van der Waals surface area contributed by atoms with Gasteiger partial charge in [0.2, 0.25) is 21.8 Å². The van der Waals surface area contributed by atoms with E-state index < -0.39 is 28.5 Å². The van der Waals surface area contributed by atoms with Crippen LogP contribution in [0.15, 0.2) is 42.5 Å². The summed E-state index contributed by atoms with van der Waals surface area (Å²) in [7, 11) is -3.88. The second kappa shape index (κ2) is 11.7. The summed E-state index contributed by atoms with van der Waals surface area (Å²) in [5, 5.41) is 2.98. The van der Waals surface area contributed by atoms with Crippen LogP contribution >= 0.6 is 23.2 Å². The summed E-state index contributed by atoms with van der Waals surface area (Å²) in [4.78, 5) is 27.5. The van der Waals surface area contributed by atoms with E-state index in [9.17, 15) is 18.0 Å². The van der Waals surface area contributed by atoms with Crippen molar-refractivity contribution in [2.24, 2.45) is 0 Å². The number of nitrogens with one attached hydrogen (secondary N) is 1. The number of rotatable bonds is 10. The number of hydrogen-bond acceptors (Lipinski definition) is 4. The minimum absolute atomic E-state index is 0.0244. The van der Waals surface area contributed by atoms with Crippen molar-refractivity contribution in [1.29, 1.82) is 0 Å². The Labute approximate surface area is 205 Å². The van der Waals surface area contributed by atoms with Crippen molar-refractivity contribution in [2.75, 3.05) is 23.7 Å². The van der Waals surface area contributed by atoms with Gasteiger partial charge in [0.15, 0.2) is 0 Å². The number of amides is 2. The van der Waals surface area contributed by atoms with Gasteiger partial charge < -0.3 is 10.2 Å². The van der Waals surface area contributed by atoms with Gasteiger partial charge in [-0.3, -0.25) is 13.9 Å². The molecule has 0 saturated heterocycles. The predicted molar refractivity (Wildman–Crippen MR) is 133 cm³/mol. The Bertz CT molecular complexity index is 1110. The van der Waals surface area contributed by atoms with Crippen LogP contribution in [0.4, 0.5) is 5.69 Å². The molecule has 2 aromatic carbocycles. The Kier molecular flexibility index (Phi) is 9.57. The lowest BCUT2D eigenvalue weighted by atomic mass is 10.1. The Hall–Kier alpha value is -2.29. The summed E-state index contributed by atoms with van der Waals surface area (Å²) < 4.78 is 26.1. The van der Waals surface area contributed by atoms with Gasteiger partial charge in [-0.1, -0.05) is 66.0 Å². The quantitative estimate of drug-likeness (QED) is 0.519. The van der Waals surface area contributed by atoms with Gasteiger partial charge >= 0.3 is 0 Å². The Morgan fingerprint density at radius 1 is 1.12 bits per heavy atom. The maximum absolute atomic E-state index is 13.4. The highest BCUT2D eigenvalue weighted by atomic mass is 35.5. The number of aryl methyl sites for hydroxylation is 1. The van der Waals surface area contributed by atoms with Crippen LogP contribution in [0.5, 0.6) is 0 Å². The van der Waals surface area contributed by atoms with Gasteiger partial charge in [0, 0.05) is 13.1 Å². The molecule has 2 aromatic rings. The van der Waals surface area contributed by atoms with Gasteiger partial charge in [0.1, 0.15) is 12.6 Å². The summed E-state index contributed by atoms with van der Waals surface area (Å²) >= 11 is 12.3. The van der Waals surface area contributed by atoms with E-state index in [1.807, 2.05) is 38.1 Å². The molecule has 0 spiro atoms. The lowest BCUT2D eigenvalue weighted by Crippen LogP contribution is -2.51. The highest BCUT2D eigenvalue weighted by Crippen LogP contribution is 2.33. The minimum atomic E-state index is -3.88. The van der Waals surface area contributed by atoms with Crippen LogP contribution in [0, 0.1) is 6.92 Å². The van der Waals surface area contributed by atoms with E-state index in [0.717, 1.165) is 28.1 Å². The first-order chi connectivity index (χ1) is 15.5. The Morgan fingerprint density at radius 3 is 2.39 bits per heavy atom. The molecular weight excluding hydrogens is 485 g/mol. The first-order valence-corrected chi connectivity index (χ1v) is 13.1. The van der Waals surface area contributed by atoms with Crippen molar-refractivity contribution in [1.82, 2.24) is 10.2 Å². The van der Waals surface area contributed by atoms with Crippen LogP contribution in [-0.4, -0.2) is 50.5 Å². The van der Waals surface area contributed by atoms with Crippen LogP contribution in [0.2, 0.25) is 10.0 Å². The van der Waals surface area contributed by atoms with E-state index in [1.54, 1.807) is 13.0 Å². The number of halogens is 2. The lowest BCUT2D eigenvalue weighted by molar-refractivity contribution is -0.139. The molecule has 0 radical (unpaired) electrons. The third-order valence-electron chi connectivity index (χ3n) is 5.03. The summed E-state index contributed by atoms with van der Waals surface area (Å²) in [5.74, 6) is -0.860. The molecule has 1 unspecified atom stereocenters. The molecule has 0 aliphatic heterocycles. The van der Waals surface area contributed by atoms with Crippen molar-refractivity contribution < 1.29 is 18.0 Å². The molecule has 0 aromatic heterocycles. The molecule has 10 heteroatoms. The smallest absolute Gasteiger partial charge is 0.244 e. The number of hydrogen-bond donors (Lipinski definition) is 1. The second-order valence-electron chi connectivity index (χ2n) is 7.82. The molecule has 0 bridgehead atoms. The van der Waals surface area contributed by atoms with Crippen LogP contribution in [0.3, 0.4) is 0 Å². The molecule has 7 nitrogen and oxygen atoms in total. The topological polar surface area (TPSA) is 86.8 Å². The third kappa shape index (κ3) is 7.35. The Balaban J connectivity index is 2.42. The molecule has 0 saturated carbocycles. The minimum Gasteiger partial charge on any atom is -0.354 e. The fourth-order valence-corrected chi connectivity index (χ4v) is 4.57. The molecule has 2 amide bonds. The predicted octanol–water partition coefficient (Wildman–Crippen LogP) is 4.01. The number of sulfonamides is 1. The average Bonchev–Trinajstić information content (AvgIpc) is 2.75. The molecule has 0 aliphatic carbocycles. The van der Waals surface area contributed by atoms with Gasteiger partial charge in [0.05, 0.1) is 22.0 Å². The van der Waals surface area contributed by atoms with E-state index in [1.165, 1.54) is 17.0 Å². The normalized spacial score (nSPS) is 12.2. The fourth-order valence-electron chi connectivity index (χ4n) is 3.27. The molecule has 2 rings (SSSR count). The highest BCUT2D eigenvalue weighted by molar-refractivity contribution is 7.92. The molecule has 33 heavy (non-hydrogen) atoms. The maximum Gasteiger partial charge on any atom is 0.244 e. The standard InChI is InChI=1S/C23H29Cl2N3O4S/c1-5-12-26-23(30)17(3)27(14-18-9-6-8-16(2)13-18)21(29)15-28(33(4,31)32)20-11-7-10-19(24)22(20)25/h6-11,13,17H,5,12,14-15H2,1-4H3,(H,26,30). The molecule has 0 fully saturated rings. The van der Waals surface area contributed by atoms with Crippen molar-refractivity contribution in [3.63, 3.8) is 0 Å². The summed E-state index contributed by atoms with van der Waals surface area (Å²) in [6.45, 7) is 5.57. The zero-order valence-corrected chi connectivity index (χ0v) is 21.5. The van der Waals surface area contributed by atoms with Gasteiger partial charge in [0.25, 0.3) is 0 Å². The fraction of sp³-hybridized carbons (Fsp3) is 0.391. The van der Waals surface area contributed by atoms with Gasteiger partial charge in [-0.25, -0.2) is 8.42 Å². The summed E-state index contributed by atoms with van der Waals surface area (Å²) in [6, 6.07) is 11.3. The van der Waals surface area contributed by atoms with E-state index in [2.05, 4.69) is 5.32 Å². The van der Waals surface area contributed by atoms with E-state index in [4.69, 9.17) is 23.2 Å². The maximum atomic E-state index is 13.4. The van der Waals surface area contributed by atoms with Crippen LogP contribution in [-0.2, 0) is 26.2 Å². The van der Waals surface area contributed by atoms with Crippen LogP contribution < -0.4 is 9.62 Å². The SMILES string of the molecule is CCCNC(=O)C(C)N(Cc1cccc(C)c1)C(=O)CN(c1cccc(Cl)c1Cl)S(C)(=O)=O. The molecular formula is C23H29Cl2N3O4S. The zero-order chi connectivity index (χ0) is 24.8. The van der Waals surface area contributed by atoms with E-state index in [0.29, 0.717) is 6.54 Å². The molecule has 180 valence electrons. The first kappa shape index (κ1) is 27.0. The van der Waals surface area contributed by atoms with Crippen molar-refractivity contribution in [3.8, 4) is 0 Å². The monoisotopic (exact) mass is 513 g/mol. The zero-order valence-electron chi connectivity index (χ0n) is 19.1. The first-order valence-electron chi connectivity index (χ1n) is 10.5. The van der Waals surface area contributed by atoms with Gasteiger partial charge in [-0.15, -0.1) is 0 Å². The number of nitrogens with zero attached hydrogens (tertiary/aromatic N) is 2. The molecule has 0 heterocycles.